The summed E-state index contributed by atoms with van der Waals surface area (Å²) in [5.41, 5.74) is -0.116. The van der Waals surface area contributed by atoms with Crippen LogP contribution >= 0.6 is 9.24 Å². The topological polar surface area (TPSA) is 149 Å². The minimum absolute atomic E-state index is 0.124. The maximum absolute atomic E-state index is 12.0. The van der Waals surface area contributed by atoms with Crippen LogP contribution in [0.1, 0.15) is 117 Å². The van der Waals surface area contributed by atoms with Crippen molar-refractivity contribution in [1.29, 1.82) is 0 Å². The predicted molar refractivity (Wildman–Crippen MR) is 162 cm³/mol. The average molecular weight is 609 g/mol. The molecule has 4 aliphatic carbocycles. The smallest absolute Gasteiger partial charge is 0.306 e. The molecule has 42 heavy (non-hydrogen) atoms. The Kier molecular flexibility index (Phi) is 10.7. The molecule has 9 heteroatoms. The van der Waals surface area contributed by atoms with Gasteiger partial charge in [0.15, 0.2) is 0 Å². The van der Waals surface area contributed by atoms with Gasteiger partial charge >= 0.3 is 23.9 Å². The zero-order valence-electron chi connectivity index (χ0n) is 25.5. The van der Waals surface area contributed by atoms with E-state index >= 15 is 0 Å². The molecule has 0 aliphatic heterocycles. The monoisotopic (exact) mass is 608 g/mol. The van der Waals surface area contributed by atoms with Crippen LogP contribution in [-0.2, 0) is 19.2 Å². The van der Waals surface area contributed by atoms with Gasteiger partial charge in [-0.2, -0.15) is 0 Å². The highest BCUT2D eigenvalue weighted by atomic mass is 31.0. The Balaban J connectivity index is 1.63. The Morgan fingerprint density at radius 2 is 0.929 bits per heavy atom. The van der Waals surface area contributed by atoms with E-state index in [2.05, 4.69) is 23.1 Å². The molecule has 8 nitrogen and oxygen atoms in total. The second-order valence-electron chi connectivity index (χ2n) is 14.4. The molecule has 0 aromatic heterocycles. The van der Waals surface area contributed by atoms with Gasteiger partial charge in [-0.1, -0.05) is 13.8 Å². The molecule has 4 rings (SSSR count). The first-order valence-electron chi connectivity index (χ1n) is 16.6. The van der Waals surface area contributed by atoms with Crippen LogP contribution < -0.4 is 0 Å². The third-order valence-electron chi connectivity index (χ3n) is 13.2. The summed E-state index contributed by atoms with van der Waals surface area (Å²) in [5, 5.41) is 39.3. The van der Waals surface area contributed by atoms with Crippen LogP contribution in [0.5, 0.6) is 0 Å². The van der Waals surface area contributed by atoms with E-state index in [0.717, 1.165) is 51.4 Å². The van der Waals surface area contributed by atoms with Crippen molar-refractivity contribution >= 4 is 33.1 Å². The standard InChI is InChI=1S/C33H53O8P/c1-3-32(23-9-5-19(15-23)28(34)35,24-10-6-20(16-24)29(36)37)14-13-27(42)33(4-2,25-11-7-21(17-25)30(38)39)26-12-8-22(18-26)31(40)41/h19-27H,3-18,42H2,1-2H3,(H,34,35)(H,36,37)(H,38,39)(H,40,41). The second-order valence-corrected chi connectivity index (χ2v) is 15.2. The van der Waals surface area contributed by atoms with Gasteiger partial charge in [0.05, 0.1) is 23.7 Å². The van der Waals surface area contributed by atoms with Crippen molar-refractivity contribution in [2.45, 2.75) is 122 Å². The van der Waals surface area contributed by atoms with Crippen molar-refractivity contribution in [1.82, 2.24) is 0 Å². The molecule has 4 fully saturated rings. The Hall–Kier alpha value is -1.69. The summed E-state index contributed by atoms with van der Waals surface area (Å²) in [5.74, 6) is -3.32. The molecule has 0 aromatic carbocycles. The van der Waals surface area contributed by atoms with E-state index < -0.39 is 23.9 Å². The van der Waals surface area contributed by atoms with Gasteiger partial charge in [0.25, 0.3) is 0 Å². The van der Waals surface area contributed by atoms with Crippen LogP contribution in [0.15, 0.2) is 0 Å². The average Bonchev–Trinajstić information content (AvgIpc) is 3.76. The SMILES string of the molecule is CCC(CCC(P)C(CC)(C1CCC(C(=O)O)C1)C1CCC(C(=O)O)C1)(C1CCC(C(=O)O)C1)C1CCC(C(=O)O)C1. The summed E-state index contributed by atoms with van der Waals surface area (Å²) in [7, 11) is 3.14. The molecule has 0 heterocycles. The van der Waals surface area contributed by atoms with Crippen LogP contribution in [0.3, 0.4) is 0 Å². The lowest BCUT2D eigenvalue weighted by Gasteiger charge is -2.51. The lowest BCUT2D eigenvalue weighted by Crippen LogP contribution is -2.45. The largest absolute Gasteiger partial charge is 0.481 e. The minimum atomic E-state index is -0.730. The van der Waals surface area contributed by atoms with Gasteiger partial charge in [0.2, 0.25) is 0 Å². The van der Waals surface area contributed by atoms with Crippen LogP contribution in [0, 0.1) is 58.2 Å². The highest BCUT2D eigenvalue weighted by Gasteiger charge is 2.55. The minimum Gasteiger partial charge on any atom is -0.481 e. The van der Waals surface area contributed by atoms with Crippen LogP contribution in [-0.4, -0.2) is 50.0 Å². The first-order valence-corrected chi connectivity index (χ1v) is 17.2. The molecule has 0 aromatic rings. The summed E-state index contributed by atoms with van der Waals surface area (Å²) in [6.45, 7) is 4.41. The number of aliphatic carboxylic acids is 4. The molecule has 0 spiro atoms. The second kappa shape index (κ2) is 13.5. The van der Waals surface area contributed by atoms with Crippen molar-refractivity contribution in [2.24, 2.45) is 58.2 Å². The Morgan fingerprint density at radius 3 is 1.21 bits per heavy atom. The van der Waals surface area contributed by atoms with Crippen molar-refractivity contribution in [3.05, 3.63) is 0 Å². The Labute approximate surface area is 253 Å². The predicted octanol–water partition coefficient (Wildman–Crippen LogP) is 6.81. The fourth-order valence-electron chi connectivity index (χ4n) is 10.8. The molecule has 0 amide bonds. The van der Waals surface area contributed by atoms with Crippen LogP contribution in [0.4, 0.5) is 0 Å². The molecule has 4 saturated carbocycles. The zero-order valence-corrected chi connectivity index (χ0v) is 26.7. The first kappa shape index (κ1) is 33.2. The summed E-state index contributed by atoms with van der Waals surface area (Å²) in [6.07, 6.45) is 12.3. The van der Waals surface area contributed by atoms with E-state index in [1.54, 1.807) is 0 Å². The zero-order chi connectivity index (χ0) is 30.8. The normalized spacial score (nSPS) is 36.7. The fraction of sp³-hybridized carbons (Fsp3) is 0.879. The molecule has 4 N–H and O–H groups in total. The van der Waals surface area contributed by atoms with E-state index in [0.29, 0.717) is 51.4 Å². The van der Waals surface area contributed by atoms with Crippen molar-refractivity contribution in [2.75, 3.05) is 0 Å². The van der Waals surface area contributed by atoms with Gasteiger partial charge in [0.1, 0.15) is 0 Å². The molecule has 0 radical (unpaired) electrons. The van der Waals surface area contributed by atoms with Gasteiger partial charge < -0.3 is 20.4 Å². The summed E-state index contributed by atoms with van der Waals surface area (Å²) in [6, 6.07) is 0. The van der Waals surface area contributed by atoms with Crippen molar-refractivity contribution < 1.29 is 39.6 Å². The number of rotatable bonds is 14. The van der Waals surface area contributed by atoms with Crippen molar-refractivity contribution in [3.63, 3.8) is 0 Å². The van der Waals surface area contributed by atoms with E-state index in [9.17, 15) is 39.6 Å². The number of carbonyl (C=O) groups is 4. The lowest BCUT2D eigenvalue weighted by atomic mass is 9.57. The molecule has 0 bridgehead atoms. The van der Waals surface area contributed by atoms with Crippen LogP contribution in [0.25, 0.3) is 0 Å². The third-order valence-corrected chi connectivity index (χ3v) is 14.1. The molecule has 238 valence electrons. The first-order chi connectivity index (χ1) is 19.9. The number of carboxylic acids is 4. The van der Waals surface area contributed by atoms with Gasteiger partial charge in [-0.25, -0.2) is 0 Å². The molecule has 10 unspecified atom stereocenters. The summed E-state index contributed by atoms with van der Waals surface area (Å²) in [4.78, 5) is 47.8. The van der Waals surface area contributed by atoms with Gasteiger partial charge in [-0.3, -0.25) is 19.2 Å². The lowest BCUT2D eigenvalue weighted by molar-refractivity contribution is -0.143. The maximum Gasteiger partial charge on any atom is 0.306 e. The quantitative estimate of drug-likeness (QED) is 0.157. The maximum atomic E-state index is 12.0. The Morgan fingerprint density at radius 1 is 0.595 bits per heavy atom. The molecule has 4 aliphatic rings. The molecular weight excluding hydrogens is 555 g/mol. The van der Waals surface area contributed by atoms with Gasteiger partial charge in [0, 0.05) is 0 Å². The fourth-order valence-corrected chi connectivity index (χ4v) is 11.8. The van der Waals surface area contributed by atoms with E-state index in [-0.39, 0.29) is 63.8 Å². The highest BCUT2D eigenvalue weighted by Crippen LogP contribution is 2.62. The number of hydrogen-bond acceptors (Lipinski definition) is 4. The summed E-state index contributed by atoms with van der Waals surface area (Å²) < 4.78 is 0. The van der Waals surface area contributed by atoms with E-state index in [4.69, 9.17) is 0 Å². The van der Waals surface area contributed by atoms with E-state index in [1.807, 2.05) is 0 Å². The summed E-state index contributed by atoms with van der Waals surface area (Å²) >= 11 is 0. The number of hydrogen-bond donors (Lipinski definition) is 4. The van der Waals surface area contributed by atoms with Crippen molar-refractivity contribution in [3.8, 4) is 0 Å². The van der Waals surface area contributed by atoms with E-state index in [1.165, 1.54) is 0 Å². The molecular formula is C33H53O8P. The number of carboxylic acid groups (broad SMARTS) is 4. The molecule has 0 saturated heterocycles. The van der Waals surface area contributed by atoms with Crippen LogP contribution in [0.2, 0.25) is 0 Å². The van der Waals surface area contributed by atoms with Gasteiger partial charge in [-0.15, -0.1) is 9.24 Å². The highest BCUT2D eigenvalue weighted by molar-refractivity contribution is 7.17. The Bertz CT molecular complexity index is 948. The van der Waals surface area contributed by atoms with Gasteiger partial charge in [-0.05, 0) is 143 Å². The molecule has 10 atom stereocenters. The third kappa shape index (κ3) is 6.26.